The van der Waals surface area contributed by atoms with Crippen LogP contribution < -0.4 is 10.2 Å². The molecule has 1 heterocycles. The Hall–Kier alpha value is -3.28. The maximum absolute atomic E-state index is 9.77. The summed E-state index contributed by atoms with van der Waals surface area (Å²) in [7, 11) is 1.61. The monoisotopic (exact) mass is 323 g/mol. The number of aromatic hydroxyl groups is 2. The van der Waals surface area contributed by atoms with Gasteiger partial charge in [-0.1, -0.05) is 12.1 Å². The highest BCUT2D eigenvalue weighted by atomic mass is 16.5. The standard InChI is InChI=1S/C18H17N3O3/c1-11-8-15(14-4-3-5-17(24-2)18(14)20-11)21-19-10-12-6-7-13(22)9-16(12)23/h3-10,22-23H,1-2H3,(H,20,21)/b19-10-. The smallest absolute Gasteiger partial charge is 0.145 e. The number of hydrazone groups is 1. The third-order valence-electron chi connectivity index (χ3n) is 3.55. The molecular weight excluding hydrogens is 306 g/mol. The summed E-state index contributed by atoms with van der Waals surface area (Å²) >= 11 is 0. The van der Waals surface area contributed by atoms with Gasteiger partial charge in [0.25, 0.3) is 0 Å². The number of aromatic nitrogens is 1. The molecule has 0 aliphatic carbocycles. The number of nitrogens with one attached hydrogen (secondary N) is 1. The summed E-state index contributed by atoms with van der Waals surface area (Å²) in [5.41, 5.74) is 5.83. The molecule has 0 atom stereocenters. The fraction of sp³-hybridized carbons (Fsp3) is 0.111. The zero-order valence-electron chi connectivity index (χ0n) is 13.3. The van der Waals surface area contributed by atoms with Gasteiger partial charge in [-0.05, 0) is 31.2 Å². The molecule has 0 amide bonds. The first-order chi connectivity index (χ1) is 11.6. The van der Waals surface area contributed by atoms with Crippen LogP contribution in [0.3, 0.4) is 0 Å². The van der Waals surface area contributed by atoms with Gasteiger partial charge in [0.15, 0.2) is 0 Å². The quantitative estimate of drug-likeness (QED) is 0.506. The number of hydrogen-bond donors (Lipinski definition) is 3. The Balaban J connectivity index is 1.94. The Morgan fingerprint density at radius 3 is 2.75 bits per heavy atom. The van der Waals surface area contributed by atoms with Crippen molar-refractivity contribution in [1.29, 1.82) is 0 Å². The van der Waals surface area contributed by atoms with Crippen molar-refractivity contribution < 1.29 is 14.9 Å². The highest BCUT2D eigenvalue weighted by molar-refractivity contribution is 5.95. The van der Waals surface area contributed by atoms with E-state index in [1.54, 1.807) is 13.2 Å². The molecule has 0 fully saturated rings. The molecule has 0 unspecified atom stereocenters. The fourth-order valence-electron chi connectivity index (χ4n) is 2.42. The lowest BCUT2D eigenvalue weighted by atomic mass is 10.1. The molecule has 0 aliphatic rings. The molecule has 3 N–H and O–H groups in total. The molecule has 6 heteroatoms. The number of methoxy groups -OCH3 is 1. The fourth-order valence-corrected chi connectivity index (χ4v) is 2.42. The zero-order valence-corrected chi connectivity index (χ0v) is 13.3. The summed E-state index contributed by atoms with van der Waals surface area (Å²) in [5.74, 6) is 0.651. The number of nitrogens with zero attached hydrogens (tertiary/aromatic N) is 2. The Morgan fingerprint density at radius 2 is 2.00 bits per heavy atom. The number of para-hydroxylation sites is 1. The van der Waals surface area contributed by atoms with E-state index in [4.69, 9.17) is 4.74 Å². The lowest BCUT2D eigenvalue weighted by Crippen LogP contribution is -1.96. The highest BCUT2D eigenvalue weighted by Gasteiger charge is 2.08. The summed E-state index contributed by atoms with van der Waals surface area (Å²) in [5, 5.41) is 24.1. The van der Waals surface area contributed by atoms with Gasteiger partial charge in [-0.25, -0.2) is 4.98 Å². The van der Waals surface area contributed by atoms with Gasteiger partial charge in [0, 0.05) is 22.7 Å². The topological polar surface area (TPSA) is 87.0 Å². The number of phenolic OH excluding ortho intramolecular Hbond substituents is 2. The summed E-state index contributed by atoms with van der Waals surface area (Å²) in [6, 6.07) is 11.9. The van der Waals surface area contributed by atoms with E-state index in [0.29, 0.717) is 11.3 Å². The lowest BCUT2D eigenvalue weighted by Gasteiger charge is -2.10. The van der Waals surface area contributed by atoms with Crippen molar-refractivity contribution >= 4 is 22.8 Å². The minimum atomic E-state index is -0.0435. The molecule has 122 valence electrons. The second-order valence-electron chi connectivity index (χ2n) is 5.28. The van der Waals surface area contributed by atoms with Gasteiger partial charge in [-0.2, -0.15) is 5.10 Å². The van der Waals surface area contributed by atoms with Crippen molar-refractivity contribution in [3.63, 3.8) is 0 Å². The van der Waals surface area contributed by atoms with E-state index in [0.717, 1.165) is 22.3 Å². The van der Waals surface area contributed by atoms with E-state index >= 15 is 0 Å². The van der Waals surface area contributed by atoms with Crippen LogP contribution in [0.2, 0.25) is 0 Å². The highest BCUT2D eigenvalue weighted by Crippen LogP contribution is 2.30. The number of rotatable bonds is 4. The minimum Gasteiger partial charge on any atom is -0.508 e. The summed E-state index contributed by atoms with van der Waals surface area (Å²) in [6.45, 7) is 1.90. The SMILES string of the molecule is COc1cccc2c(N/N=C\c3ccc(O)cc3O)cc(C)nc12. The molecule has 24 heavy (non-hydrogen) atoms. The van der Waals surface area contributed by atoms with E-state index in [2.05, 4.69) is 15.5 Å². The van der Waals surface area contributed by atoms with Crippen LogP contribution in [0.15, 0.2) is 47.6 Å². The second kappa shape index (κ2) is 6.45. The second-order valence-corrected chi connectivity index (χ2v) is 5.28. The first-order valence-electron chi connectivity index (χ1n) is 7.34. The van der Waals surface area contributed by atoms with E-state index in [1.165, 1.54) is 18.3 Å². The first kappa shape index (κ1) is 15.6. The Bertz CT molecular complexity index is 923. The largest absolute Gasteiger partial charge is 0.508 e. The van der Waals surface area contributed by atoms with Crippen molar-refractivity contribution in [3.8, 4) is 17.2 Å². The van der Waals surface area contributed by atoms with E-state index in [-0.39, 0.29) is 11.5 Å². The molecule has 3 rings (SSSR count). The van der Waals surface area contributed by atoms with Crippen molar-refractivity contribution in [3.05, 3.63) is 53.7 Å². The van der Waals surface area contributed by atoms with Gasteiger partial charge >= 0.3 is 0 Å². The van der Waals surface area contributed by atoms with E-state index < -0.39 is 0 Å². The predicted molar refractivity (Wildman–Crippen MR) is 94.0 cm³/mol. The molecule has 0 radical (unpaired) electrons. The Kier molecular flexibility index (Phi) is 4.20. The normalized spacial score (nSPS) is 11.1. The van der Waals surface area contributed by atoms with Crippen molar-refractivity contribution in [2.45, 2.75) is 6.92 Å². The van der Waals surface area contributed by atoms with E-state index in [1.807, 2.05) is 31.2 Å². The molecule has 6 nitrogen and oxygen atoms in total. The lowest BCUT2D eigenvalue weighted by molar-refractivity contribution is 0.419. The maximum Gasteiger partial charge on any atom is 0.145 e. The summed E-state index contributed by atoms with van der Waals surface area (Å²) in [6.07, 6.45) is 1.48. The number of fused-ring (bicyclic) bond motifs is 1. The van der Waals surface area contributed by atoms with Gasteiger partial charge in [-0.3, -0.25) is 5.43 Å². The molecule has 2 aromatic carbocycles. The van der Waals surface area contributed by atoms with E-state index in [9.17, 15) is 10.2 Å². The number of ether oxygens (including phenoxy) is 1. The van der Waals surface area contributed by atoms with Crippen LogP contribution in [0, 0.1) is 6.92 Å². The third kappa shape index (κ3) is 3.08. The average molecular weight is 323 g/mol. The van der Waals surface area contributed by atoms with Crippen LogP contribution in [-0.2, 0) is 0 Å². The molecular formula is C18H17N3O3. The molecule has 0 saturated carbocycles. The molecule has 1 aromatic heterocycles. The number of benzene rings is 2. The Labute approximate surface area is 139 Å². The van der Waals surface area contributed by atoms with Gasteiger partial charge in [0.1, 0.15) is 22.8 Å². The summed E-state index contributed by atoms with van der Waals surface area (Å²) in [4.78, 5) is 4.51. The van der Waals surface area contributed by atoms with Gasteiger partial charge < -0.3 is 14.9 Å². The van der Waals surface area contributed by atoms with Crippen LogP contribution in [0.5, 0.6) is 17.2 Å². The first-order valence-corrected chi connectivity index (χ1v) is 7.34. The third-order valence-corrected chi connectivity index (χ3v) is 3.55. The van der Waals surface area contributed by atoms with Crippen molar-refractivity contribution in [1.82, 2.24) is 4.98 Å². The molecule has 0 saturated heterocycles. The van der Waals surface area contributed by atoms with Crippen LogP contribution >= 0.6 is 0 Å². The van der Waals surface area contributed by atoms with Gasteiger partial charge in [0.2, 0.25) is 0 Å². The van der Waals surface area contributed by atoms with Crippen LogP contribution in [-0.4, -0.2) is 28.5 Å². The van der Waals surface area contributed by atoms with Gasteiger partial charge in [0.05, 0.1) is 19.0 Å². The number of pyridine rings is 1. The number of phenols is 2. The number of aryl methyl sites for hydroxylation is 1. The van der Waals surface area contributed by atoms with Crippen LogP contribution in [0.4, 0.5) is 5.69 Å². The molecule has 0 bridgehead atoms. The van der Waals surface area contributed by atoms with Crippen molar-refractivity contribution in [2.75, 3.05) is 12.5 Å². The number of anilines is 1. The van der Waals surface area contributed by atoms with Crippen molar-refractivity contribution in [2.24, 2.45) is 5.10 Å². The summed E-state index contributed by atoms with van der Waals surface area (Å²) < 4.78 is 5.35. The van der Waals surface area contributed by atoms with Crippen LogP contribution in [0.25, 0.3) is 10.9 Å². The minimum absolute atomic E-state index is 0.000423. The molecule has 0 aliphatic heterocycles. The predicted octanol–water partition coefficient (Wildman–Crippen LogP) is 3.41. The number of hydrogen-bond acceptors (Lipinski definition) is 6. The van der Waals surface area contributed by atoms with Crippen LogP contribution in [0.1, 0.15) is 11.3 Å². The zero-order chi connectivity index (χ0) is 17.1. The van der Waals surface area contributed by atoms with Gasteiger partial charge in [-0.15, -0.1) is 0 Å². The average Bonchev–Trinajstić information content (AvgIpc) is 2.56. The molecule has 0 spiro atoms. The molecule has 3 aromatic rings. The maximum atomic E-state index is 9.77. The Morgan fingerprint density at radius 1 is 1.17 bits per heavy atom.